The molecular formula is C20H31N5O. The lowest BCUT2D eigenvalue weighted by Gasteiger charge is -2.12. The quantitative estimate of drug-likeness (QED) is 0.333. The molecule has 0 radical (unpaired) electrons. The second kappa shape index (κ2) is 9.85. The number of carbonyl (C=O) groups excluding carboxylic acids is 1. The molecule has 0 bridgehead atoms. The highest BCUT2D eigenvalue weighted by Crippen LogP contribution is 2.22. The van der Waals surface area contributed by atoms with Gasteiger partial charge in [0.25, 0.3) is 0 Å². The first kappa shape index (κ1) is 19.8. The molecule has 1 aromatic carbocycles. The van der Waals surface area contributed by atoms with Crippen LogP contribution < -0.4 is 16.0 Å². The highest BCUT2D eigenvalue weighted by Gasteiger charge is 2.07. The molecule has 26 heavy (non-hydrogen) atoms. The third-order valence-corrected chi connectivity index (χ3v) is 4.23. The zero-order valence-electron chi connectivity index (χ0n) is 16.3. The first-order valence-electron chi connectivity index (χ1n) is 9.38. The van der Waals surface area contributed by atoms with Crippen LogP contribution in [0.15, 0.2) is 29.4 Å². The minimum absolute atomic E-state index is 0.0107. The number of amides is 1. The van der Waals surface area contributed by atoms with Crippen LogP contribution in [0.25, 0.3) is 10.9 Å². The number of hydrogen-bond donors (Lipinski definition) is 4. The maximum Gasteiger partial charge on any atom is 0.222 e. The monoisotopic (exact) mass is 357 g/mol. The van der Waals surface area contributed by atoms with Gasteiger partial charge in [0.2, 0.25) is 5.91 Å². The minimum atomic E-state index is 0.0107. The van der Waals surface area contributed by atoms with Crippen LogP contribution in [0, 0.1) is 12.8 Å². The average Bonchev–Trinajstić information content (AvgIpc) is 3.02. The fourth-order valence-electron chi connectivity index (χ4n) is 2.85. The Hall–Kier alpha value is -2.50. The number of rotatable bonds is 8. The number of nitrogens with one attached hydrogen (secondary N) is 4. The summed E-state index contributed by atoms with van der Waals surface area (Å²) in [5, 5.41) is 10.7. The lowest BCUT2D eigenvalue weighted by Crippen LogP contribution is -2.42. The molecule has 0 atom stereocenters. The van der Waals surface area contributed by atoms with E-state index in [9.17, 15) is 4.79 Å². The zero-order chi connectivity index (χ0) is 18.9. The number of aryl methyl sites for hydroxylation is 1. The first-order valence-corrected chi connectivity index (χ1v) is 9.38. The third kappa shape index (κ3) is 5.51. The standard InChI is InChI=1S/C20H31N5O/c1-5-21-20(24-12-11-22-19(26)14(2)3)23-10-9-16-13-25-17-8-6-7-15(4)18(16)17/h6-8,13-14,25H,5,9-12H2,1-4H3,(H,22,26)(H2,21,23,24). The van der Waals surface area contributed by atoms with Gasteiger partial charge in [0.1, 0.15) is 0 Å². The van der Waals surface area contributed by atoms with Crippen molar-refractivity contribution in [1.82, 2.24) is 20.9 Å². The predicted octanol–water partition coefficient (Wildman–Crippen LogP) is 2.35. The van der Waals surface area contributed by atoms with Crippen molar-refractivity contribution in [2.45, 2.75) is 34.1 Å². The molecule has 6 heteroatoms. The lowest BCUT2D eigenvalue weighted by atomic mass is 10.1. The highest BCUT2D eigenvalue weighted by atomic mass is 16.1. The Morgan fingerprint density at radius 3 is 2.69 bits per heavy atom. The summed E-state index contributed by atoms with van der Waals surface area (Å²) >= 11 is 0. The van der Waals surface area contributed by atoms with E-state index in [-0.39, 0.29) is 11.8 Å². The van der Waals surface area contributed by atoms with E-state index in [2.05, 4.69) is 57.2 Å². The number of hydrogen-bond acceptors (Lipinski definition) is 2. The first-order chi connectivity index (χ1) is 12.5. The van der Waals surface area contributed by atoms with Crippen molar-refractivity contribution in [2.75, 3.05) is 26.2 Å². The Labute approximate surface area is 155 Å². The van der Waals surface area contributed by atoms with Crippen LogP contribution in [-0.2, 0) is 11.2 Å². The van der Waals surface area contributed by atoms with Gasteiger partial charge in [-0.05, 0) is 37.5 Å². The average molecular weight is 358 g/mol. The van der Waals surface area contributed by atoms with E-state index < -0.39 is 0 Å². The molecule has 1 aromatic heterocycles. The minimum Gasteiger partial charge on any atom is -0.361 e. The van der Waals surface area contributed by atoms with Gasteiger partial charge in [-0.3, -0.25) is 9.79 Å². The van der Waals surface area contributed by atoms with Crippen molar-refractivity contribution in [3.63, 3.8) is 0 Å². The summed E-state index contributed by atoms with van der Waals surface area (Å²) in [7, 11) is 0. The normalized spacial score (nSPS) is 11.8. The molecule has 0 saturated heterocycles. The van der Waals surface area contributed by atoms with Gasteiger partial charge in [0.15, 0.2) is 5.96 Å². The van der Waals surface area contributed by atoms with Crippen molar-refractivity contribution >= 4 is 22.8 Å². The van der Waals surface area contributed by atoms with Gasteiger partial charge >= 0.3 is 0 Å². The Bertz CT molecular complexity index is 748. The van der Waals surface area contributed by atoms with E-state index in [1.54, 1.807) is 0 Å². The van der Waals surface area contributed by atoms with Gasteiger partial charge < -0.3 is 20.9 Å². The van der Waals surface area contributed by atoms with Gasteiger partial charge in [-0.25, -0.2) is 0 Å². The highest BCUT2D eigenvalue weighted by molar-refractivity contribution is 5.86. The number of nitrogens with zero attached hydrogens (tertiary/aromatic N) is 1. The van der Waals surface area contributed by atoms with Crippen molar-refractivity contribution in [1.29, 1.82) is 0 Å². The zero-order valence-corrected chi connectivity index (χ0v) is 16.3. The van der Waals surface area contributed by atoms with Crippen molar-refractivity contribution in [3.8, 4) is 0 Å². The fraction of sp³-hybridized carbons (Fsp3) is 0.500. The van der Waals surface area contributed by atoms with Crippen LogP contribution in [0.1, 0.15) is 31.9 Å². The van der Waals surface area contributed by atoms with Gasteiger partial charge in [-0.2, -0.15) is 0 Å². The predicted molar refractivity (Wildman–Crippen MR) is 109 cm³/mol. The topological polar surface area (TPSA) is 81.3 Å². The molecular weight excluding hydrogens is 326 g/mol. The number of carbonyl (C=O) groups is 1. The lowest BCUT2D eigenvalue weighted by molar-refractivity contribution is -0.123. The number of benzene rings is 1. The molecule has 6 nitrogen and oxygen atoms in total. The van der Waals surface area contributed by atoms with Crippen LogP contribution in [-0.4, -0.2) is 43.0 Å². The Morgan fingerprint density at radius 1 is 1.19 bits per heavy atom. The van der Waals surface area contributed by atoms with Gasteiger partial charge in [-0.15, -0.1) is 0 Å². The summed E-state index contributed by atoms with van der Waals surface area (Å²) in [4.78, 5) is 19.5. The Kier molecular flexibility index (Phi) is 7.51. The molecule has 1 heterocycles. The summed E-state index contributed by atoms with van der Waals surface area (Å²) in [5.74, 6) is 0.864. The summed E-state index contributed by atoms with van der Waals surface area (Å²) < 4.78 is 0. The van der Waals surface area contributed by atoms with Crippen LogP contribution in [0.4, 0.5) is 0 Å². The number of aromatic amines is 1. The Morgan fingerprint density at radius 2 is 1.96 bits per heavy atom. The molecule has 142 valence electrons. The van der Waals surface area contributed by atoms with Gasteiger partial charge in [0, 0.05) is 49.2 Å². The van der Waals surface area contributed by atoms with Crippen LogP contribution in [0.2, 0.25) is 0 Å². The number of aliphatic imine (C=N–C) groups is 1. The molecule has 0 unspecified atom stereocenters. The van der Waals surface area contributed by atoms with E-state index >= 15 is 0 Å². The molecule has 0 aliphatic heterocycles. The second-order valence-electron chi connectivity index (χ2n) is 6.69. The molecule has 1 amide bonds. The van der Waals surface area contributed by atoms with Crippen LogP contribution in [0.3, 0.4) is 0 Å². The van der Waals surface area contributed by atoms with E-state index in [0.717, 1.165) is 18.9 Å². The van der Waals surface area contributed by atoms with Crippen LogP contribution in [0.5, 0.6) is 0 Å². The van der Waals surface area contributed by atoms with Gasteiger partial charge in [0.05, 0.1) is 0 Å². The molecule has 2 rings (SSSR count). The second-order valence-corrected chi connectivity index (χ2v) is 6.69. The molecule has 2 aromatic rings. The largest absolute Gasteiger partial charge is 0.361 e. The smallest absolute Gasteiger partial charge is 0.222 e. The SMILES string of the molecule is CCNC(=NCCc1c[nH]c2cccc(C)c12)NCCNC(=O)C(C)C. The van der Waals surface area contributed by atoms with Crippen LogP contribution >= 0.6 is 0 Å². The molecule has 0 spiro atoms. The summed E-state index contributed by atoms with van der Waals surface area (Å²) in [6.45, 7) is 10.7. The maximum atomic E-state index is 11.6. The molecule has 0 saturated carbocycles. The molecule has 0 fully saturated rings. The fourth-order valence-corrected chi connectivity index (χ4v) is 2.85. The van der Waals surface area contributed by atoms with E-state index in [1.165, 1.54) is 22.0 Å². The number of H-pyrrole nitrogens is 1. The van der Waals surface area contributed by atoms with Gasteiger partial charge in [-0.1, -0.05) is 26.0 Å². The maximum absolute atomic E-state index is 11.6. The number of guanidine groups is 1. The number of fused-ring (bicyclic) bond motifs is 1. The summed E-state index contributed by atoms with van der Waals surface area (Å²) in [5.41, 5.74) is 3.76. The van der Waals surface area contributed by atoms with Crippen molar-refractivity contribution in [3.05, 3.63) is 35.5 Å². The third-order valence-electron chi connectivity index (χ3n) is 4.23. The van der Waals surface area contributed by atoms with Crippen molar-refractivity contribution < 1.29 is 4.79 Å². The summed E-state index contributed by atoms with van der Waals surface area (Å²) in [6, 6.07) is 6.31. The van der Waals surface area contributed by atoms with E-state index in [1.807, 2.05) is 20.8 Å². The molecule has 4 N–H and O–H groups in total. The van der Waals surface area contributed by atoms with E-state index in [4.69, 9.17) is 0 Å². The molecule has 0 aliphatic carbocycles. The molecule has 0 aliphatic rings. The number of aromatic nitrogens is 1. The van der Waals surface area contributed by atoms with E-state index in [0.29, 0.717) is 19.6 Å². The van der Waals surface area contributed by atoms with Crippen molar-refractivity contribution in [2.24, 2.45) is 10.9 Å². The summed E-state index contributed by atoms with van der Waals surface area (Å²) in [6.07, 6.45) is 2.96. The Balaban J connectivity index is 1.87.